The van der Waals surface area contributed by atoms with Crippen molar-refractivity contribution in [3.8, 4) is 0 Å². The van der Waals surface area contributed by atoms with Crippen molar-refractivity contribution in [2.75, 3.05) is 76.5 Å². The Morgan fingerprint density at radius 3 is 1.77 bits per heavy atom. The Labute approximate surface area is 641 Å². The summed E-state index contributed by atoms with van der Waals surface area (Å²) < 4.78 is 42.7. The van der Waals surface area contributed by atoms with Crippen molar-refractivity contribution in [3.63, 3.8) is 0 Å². The summed E-state index contributed by atoms with van der Waals surface area (Å²) in [7, 11) is 13.1. The molecule has 6 aliphatic rings. The lowest BCUT2D eigenvalue weighted by molar-refractivity contribution is -0.182. The maximum absolute atomic E-state index is 15.8. The average molecular weight is 1620 g/mol. The average Bonchev–Trinajstić information content (AvgIpc) is 1.75. The highest BCUT2D eigenvalue weighted by molar-refractivity contribution is 14.1. The van der Waals surface area contributed by atoms with E-state index in [0.29, 0.717) is 31.6 Å². The SMILES string of the molecule is CC[C@H](C)[C@@H]1NC(=O)[C@H](CC(C)C)N(C)C(=O)C[C@@H](C(=O)N(C)C)N(C)C(=O)[C@H]([C@@H](C)CC)N(C)C(=O)C2(CCCC2)NC(=O)[C@H](CC2CCCC(I)C2)N(C)C(=O)[C@H](CCC2CCC(C(F)(F)F)C(Cl)C2)NC(=O)CN(C)C(=O)[C@H](CC2CCC(C)CC2)N(C)C(=O)[C@@H]2CCN2C(=O)[C@H](C)N(C)C1=O. The summed E-state index contributed by atoms with van der Waals surface area (Å²) in [5, 5.41) is 7.73. The van der Waals surface area contributed by atoms with Crippen molar-refractivity contribution in [1.29, 1.82) is 0 Å². The van der Waals surface area contributed by atoms with Gasteiger partial charge in [0.05, 0.1) is 18.9 Å². The third kappa shape index (κ3) is 22.1. The smallest absolute Gasteiger partial charge is 0.347 e. The van der Waals surface area contributed by atoms with E-state index >= 15 is 28.8 Å². The number of fused-ring (bicyclic) bond motifs is 1. The second-order valence-corrected chi connectivity index (χ2v) is 35.1. The van der Waals surface area contributed by atoms with Crippen molar-refractivity contribution in [2.45, 2.75) is 285 Å². The van der Waals surface area contributed by atoms with Crippen LogP contribution in [-0.2, 0) is 57.5 Å². The summed E-state index contributed by atoms with van der Waals surface area (Å²) in [6.45, 7) is 14.2. The second-order valence-electron chi connectivity index (χ2n) is 32.8. The normalized spacial score (nSPS) is 32.4. The zero-order valence-electron chi connectivity index (χ0n) is 65.7. The number of halogens is 5. The fourth-order valence-corrected chi connectivity index (χ4v) is 18.5. The molecular weight excluding hydrogens is 1490 g/mol. The molecule has 16 atom stereocenters. The highest BCUT2D eigenvalue weighted by atomic mass is 127. The van der Waals surface area contributed by atoms with Gasteiger partial charge in [-0.15, -0.1) is 11.6 Å². The lowest BCUT2D eigenvalue weighted by atomic mass is 9.78. The molecule has 5 unspecified atom stereocenters. The molecule has 0 aromatic carbocycles. The first kappa shape index (κ1) is 88.4. The van der Waals surface area contributed by atoms with Gasteiger partial charge in [-0.2, -0.15) is 13.2 Å². The number of carbonyl (C=O) groups excluding carboxylic acids is 12. The molecule has 105 heavy (non-hydrogen) atoms. The van der Waals surface area contributed by atoms with Crippen LogP contribution in [0.25, 0.3) is 0 Å². The predicted molar refractivity (Wildman–Crippen MR) is 404 cm³/mol. The Balaban J connectivity index is 1.48. The fraction of sp³-hybridized carbons (Fsp3) is 0.842. The van der Waals surface area contributed by atoms with Crippen LogP contribution in [0.15, 0.2) is 0 Å². The molecule has 596 valence electrons. The van der Waals surface area contributed by atoms with Crippen molar-refractivity contribution < 1.29 is 70.7 Å². The van der Waals surface area contributed by atoms with Gasteiger partial charge in [-0.05, 0) is 132 Å². The van der Waals surface area contributed by atoms with Gasteiger partial charge in [0, 0.05) is 79.3 Å². The van der Waals surface area contributed by atoms with E-state index < -0.39 is 173 Å². The Morgan fingerprint density at radius 2 is 1.22 bits per heavy atom. The summed E-state index contributed by atoms with van der Waals surface area (Å²) in [6, 6.07) is -11.1. The molecule has 4 saturated carbocycles. The van der Waals surface area contributed by atoms with Gasteiger partial charge >= 0.3 is 6.18 Å². The maximum atomic E-state index is 15.8. The summed E-state index contributed by atoms with van der Waals surface area (Å²) in [4.78, 5) is 193. The zero-order chi connectivity index (χ0) is 78.6. The van der Waals surface area contributed by atoms with Crippen molar-refractivity contribution >= 4 is 105 Å². The monoisotopic (exact) mass is 1620 g/mol. The summed E-state index contributed by atoms with van der Waals surface area (Å²) in [5.41, 5.74) is -1.61. The van der Waals surface area contributed by atoms with E-state index in [1.54, 1.807) is 13.8 Å². The number of nitrogens with zero attached hydrogens (tertiary/aromatic N) is 9. The largest absolute Gasteiger partial charge is 0.393 e. The first-order chi connectivity index (χ1) is 49.1. The number of amides is 12. The molecule has 2 saturated heterocycles. The van der Waals surface area contributed by atoms with E-state index in [1.165, 1.54) is 110 Å². The number of carbonyl (C=O) groups is 12. The standard InChI is InChI=1S/C76H125ClF3IN12O12/c1-18-46(6)63-72(103)87(12)48(8)67(98)93-36-33-56(93)71(102)90(15)59(40-50-27-25-45(5)26-28-50)70(101)86(11)43-61(94)82-55(32-30-49-29-31-53(54(77)39-49)76(78,79)80)68(99)89(14)58(41-51-23-22-24-52(81)38-51)66(97)84-75(34-20-21-35-75)74(105)92(17)64(47(7)19-2)73(104)91(16)60(69(100)85(9)10)42-62(95)88(13)57(37-44(3)4)65(96)83-63/h44-60,63-64H,18-43H2,1-17H3,(H,82,94)(H,83,96)(H,84,97)/t45?,46-,47-,48-,49?,50?,51?,52?,53?,54?,55-,56-,57-,58-,59-,60-,63-,64-/m0/s1. The molecule has 0 aromatic rings. The third-order valence-corrected chi connectivity index (χ3v) is 26.2. The number of alkyl halides is 5. The van der Waals surface area contributed by atoms with Crippen LogP contribution in [0.4, 0.5) is 13.2 Å². The third-order valence-electron chi connectivity index (χ3n) is 24.6. The van der Waals surface area contributed by atoms with Crippen LogP contribution in [0.5, 0.6) is 0 Å². The summed E-state index contributed by atoms with van der Waals surface area (Å²) in [5.74, 6) is -10.7. The van der Waals surface area contributed by atoms with Crippen LogP contribution in [0.3, 0.4) is 0 Å². The summed E-state index contributed by atoms with van der Waals surface area (Å²) in [6.07, 6.45) is 4.26. The molecule has 0 aromatic heterocycles. The molecule has 2 heterocycles. The van der Waals surface area contributed by atoms with E-state index in [4.69, 9.17) is 11.6 Å². The zero-order valence-corrected chi connectivity index (χ0v) is 68.6. The second kappa shape index (κ2) is 38.7. The number of hydrogen-bond donors (Lipinski definition) is 3. The van der Waals surface area contributed by atoms with Crippen molar-refractivity contribution in [2.24, 2.45) is 47.3 Å². The molecule has 1 spiro atoms. The van der Waals surface area contributed by atoms with Gasteiger partial charge in [0.2, 0.25) is 70.9 Å². The molecule has 24 nitrogen and oxygen atoms in total. The molecule has 6 rings (SSSR count). The van der Waals surface area contributed by atoms with Gasteiger partial charge in [-0.25, -0.2) is 0 Å². The van der Waals surface area contributed by atoms with Crippen LogP contribution in [0, 0.1) is 47.3 Å². The molecule has 29 heteroatoms. The van der Waals surface area contributed by atoms with Crippen LogP contribution < -0.4 is 16.0 Å². The van der Waals surface area contributed by atoms with Crippen LogP contribution in [0.1, 0.15) is 209 Å². The molecular formula is C76H125ClF3IN12O12. The van der Waals surface area contributed by atoms with Gasteiger partial charge in [0.25, 0.3) is 0 Å². The van der Waals surface area contributed by atoms with Gasteiger partial charge in [-0.1, -0.05) is 135 Å². The van der Waals surface area contributed by atoms with Gasteiger partial charge in [-0.3, -0.25) is 57.5 Å². The molecule has 0 bridgehead atoms. The highest BCUT2D eigenvalue weighted by Crippen LogP contribution is 2.44. The van der Waals surface area contributed by atoms with Crippen LogP contribution in [0.2, 0.25) is 0 Å². The van der Waals surface area contributed by atoms with Crippen molar-refractivity contribution in [1.82, 2.24) is 60.0 Å². The molecule has 12 amide bonds. The quantitative estimate of drug-likeness (QED) is 0.110. The lowest BCUT2D eigenvalue weighted by Crippen LogP contribution is -2.65. The first-order valence-electron chi connectivity index (χ1n) is 38.7. The maximum Gasteiger partial charge on any atom is 0.393 e. The van der Waals surface area contributed by atoms with Gasteiger partial charge in [0.15, 0.2) is 0 Å². The first-order valence-corrected chi connectivity index (χ1v) is 40.4. The topological polar surface area (TPSA) is 270 Å². The molecule has 0 radical (unpaired) electrons. The van der Waals surface area contributed by atoms with Crippen LogP contribution >= 0.6 is 34.2 Å². The molecule has 4 aliphatic carbocycles. The minimum Gasteiger partial charge on any atom is -0.347 e. The number of nitrogens with one attached hydrogen (secondary N) is 3. The number of likely N-dealkylation sites (N-methyl/N-ethyl adjacent to an activating group) is 8. The highest BCUT2D eigenvalue weighted by Gasteiger charge is 2.52. The van der Waals surface area contributed by atoms with E-state index in [1.807, 2.05) is 27.7 Å². The molecule has 2 aliphatic heterocycles. The van der Waals surface area contributed by atoms with Gasteiger partial charge in [0.1, 0.15) is 59.9 Å². The Hall–Kier alpha value is -5.55. The van der Waals surface area contributed by atoms with E-state index in [-0.39, 0.29) is 105 Å². The minimum atomic E-state index is -4.52. The number of hydrogen-bond acceptors (Lipinski definition) is 12. The Bertz CT molecular complexity index is 3060. The van der Waals surface area contributed by atoms with Crippen LogP contribution in [-0.4, -0.2) is 267 Å². The lowest BCUT2D eigenvalue weighted by Gasteiger charge is -2.45. The Morgan fingerprint density at radius 1 is 0.619 bits per heavy atom. The minimum absolute atomic E-state index is 0.0110. The predicted octanol–water partition coefficient (Wildman–Crippen LogP) is 8.02. The van der Waals surface area contributed by atoms with Crippen molar-refractivity contribution in [3.05, 3.63) is 0 Å². The fourth-order valence-electron chi connectivity index (χ4n) is 16.8. The van der Waals surface area contributed by atoms with E-state index in [0.717, 1.165) is 56.3 Å². The molecule has 3 N–H and O–H groups in total. The van der Waals surface area contributed by atoms with E-state index in [9.17, 15) is 41.9 Å². The Kier molecular flexibility index (Phi) is 32.6. The van der Waals surface area contributed by atoms with E-state index in [2.05, 4.69) is 45.5 Å². The van der Waals surface area contributed by atoms with Gasteiger partial charge < -0.3 is 60.0 Å². The molecule has 6 fully saturated rings. The summed E-state index contributed by atoms with van der Waals surface area (Å²) >= 11 is 8.87. The number of rotatable bonds is 14.